The standard InChI is InChI=1S/C62H22F20N8/c63-41-37(42(64)50(72)57(79)49(41)71)31-19-3-1-17(83-19)29-13-15-16-14-30-18-2-4-20(84-18)32(38-43(65)51(73)58(80)52(74)44(38)66)22-6-8-24(86-22)34(40-47(69)55(77)60(82)56(78)48(40)70)26-10-12-28(88-26)36(62(16)90-30)35(61(15)89-29)27-11-9-25(87-27)33(23-7-5-21(31)85-23)39-45(67)53(75)59(81)54(76)46(39)68/h1-14,27-28,85-90H/b31-19+,32-20+,33-25+,34-26+. The first-order chi connectivity index (χ1) is 42.9. The molecule has 450 valence electrons. The third-order valence-corrected chi connectivity index (χ3v) is 16.1. The lowest BCUT2D eigenvalue weighted by Gasteiger charge is -2.24. The number of nitrogens with one attached hydrogen (secondary N) is 6. The minimum atomic E-state index is -2.59. The number of H-pyrrole nitrogens is 4. The summed E-state index contributed by atoms with van der Waals surface area (Å²) < 4.78 is 312. The highest BCUT2D eigenvalue weighted by Crippen LogP contribution is 2.49. The van der Waals surface area contributed by atoms with Crippen molar-refractivity contribution in [3.05, 3.63) is 292 Å². The van der Waals surface area contributed by atoms with Crippen molar-refractivity contribution in [1.82, 2.24) is 30.6 Å². The van der Waals surface area contributed by atoms with Crippen LogP contribution in [-0.4, -0.2) is 31.4 Å². The Morgan fingerprint density at radius 3 is 0.844 bits per heavy atom. The molecular formula is C62H22F20N8. The van der Waals surface area contributed by atoms with Crippen molar-refractivity contribution in [2.45, 2.75) is 12.1 Å². The fourth-order valence-corrected chi connectivity index (χ4v) is 12.1. The average Bonchev–Trinajstić information content (AvgIpc) is 1.57. The van der Waals surface area contributed by atoms with Crippen LogP contribution >= 0.6 is 0 Å². The van der Waals surface area contributed by atoms with Crippen molar-refractivity contribution in [3.8, 4) is 0 Å². The van der Waals surface area contributed by atoms with E-state index in [0.717, 1.165) is 48.6 Å². The van der Waals surface area contributed by atoms with Crippen LogP contribution in [0.2, 0.25) is 0 Å². The van der Waals surface area contributed by atoms with Gasteiger partial charge >= 0.3 is 0 Å². The van der Waals surface area contributed by atoms with E-state index in [1.165, 1.54) is 36.4 Å². The van der Waals surface area contributed by atoms with Gasteiger partial charge in [-0.1, -0.05) is 12.2 Å². The molecule has 0 aliphatic carbocycles. The molecule has 5 aromatic carbocycles. The molecule has 6 N–H and O–H groups in total. The van der Waals surface area contributed by atoms with Crippen LogP contribution < -0.4 is 10.6 Å². The zero-order valence-corrected chi connectivity index (χ0v) is 43.7. The average molecular weight is 1260 g/mol. The van der Waals surface area contributed by atoms with Crippen molar-refractivity contribution in [1.29, 1.82) is 0 Å². The Hall–Kier alpha value is -10.8. The molecule has 0 saturated heterocycles. The van der Waals surface area contributed by atoms with Crippen LogP contribution in [0.25, 0.3) is 44.1 Å². The van der Waals surface area contributed by atoms with Gasteiger partial charge in [-0.25, -0.2) is 97.8 Å². The largest absolute Gasteiger partial charge is 0.374 e. The lowest BCUT2D eigenvalue weighted by atomic mass is 9.91. The molecular weight excluding hydrogens is 1240 g/mol. The number of fused-ring (bicyclic) bond motifs is 18. The van der Waals surface area contributed by atoms with Crippen molar-refractivity contribution >= 4 is 55.5 Å². The first-order valence-corrected chi connectivity index (χ1v) is 26.0. The van der Waals surface area contributed by atoms with Crippen LogP contribution in [0.15, 0.2) is 118 Å². The van der Waals surface area contributed by atoms with Crippen LogP contribution in [0.4, 0.5) is 87.8 Å². The van der Waals surface area contributed by atoms with E-state index in [9.17, 15) is 17.6 Å². The molecule has 8 nitrogen and oxygen atoms in total. The molecule has 0 spiro atoms. The van der Waals surface area contributed by atoms with Crippen LogP contribution in [0.5, 0.6) is 0 Å². The fraction of sp³-hybridized carbons (Fsp3) is 0.0323. The molecule has 28 heteroatoms. The van der Waals surface area contributed by atoms with E-state index < -0.39 is 219 Å². The van der Waals surface area contributed by atoms with Crippen LogP contribution in [0.1, 0.15) is 79.6 Å². The van der Waals surface area contributed by atoms with E-state index in [-0.39, 0.29) is 55.7 Å². The molecule has 4 aromatic heterocycles. The summed E-state index contributed by atoms with van der Waals surface area (Å²) in [4.78, 5) is 20.6. The molecule has 6 aliphatic heterocycles. The highest BCUT2D eigenvalue weighted by molar-refractivity contribution is 6.20. The molecule has 2 unspecified atom stereocenters. The Bertz CT molecular complexity index is 4830. The van der Waals surface area contributed by atoms with Gasteiger partial charge in [0, 0.05) is 78.4 Å². The normalized spacial score (nSPS) is 20.5. The number of aliphatic imine (C=N–C) groups is 2. The van der Waals surface area contributed by atoms with E-state index in [4.69, 9.17) is 0 Å². The van der Waals surface area contributed by atoms with Gasteiger partial charge in [0.05, 0.1) is 79.6 Å². The molecule has 10 heterocycles. The summed E-state index contributed by atoms with van der Waals surface area (Å²) in [6.45, 7) is 0. The van der Waals surface area contributed by atoms with Gasteiger partial charge in [-0.3, -0.25) is 0 Å². The van der Waals surface area contributed by atoms with E-state index in [0.29, 0.717) is 0 Å². The Morgan fingerprint density at radius 2 is 0.544 bits per heavy atom. The molecule has 0 saturated carbocycles. The molecule has 90 heavy (non-hydrogen) atoms. The summed E-state index contributed by atoms with van der Waals surface area (Å²) in [6.07, 6.45) is 9.48. The third-order valence-electron chi connectivity index (χ3n) is 16.1. The summed E-state index contributed by atoms with van der Waals surface area (Å²) in [5.74, 6) is -49.0. The minimum Gasteiger partial charge on any atom is -0.374 e. The Balaban J connectivity index is 1.06. The predicted octanol–water partition coefficient (Wildman–Crippen LogP) is 15.7. The number of aromatic nitrogens is 4. The molecule has 0 amide bonds. The minimum absolute atomic E-state index is 0.00503. The van der Waals surface area contributed by atoms with Gasteiger partial charge in [-0.15, -0.1) is 0 Å². The van der Waals surface area contributed by atoms with Gasteiger partial charge in [0.15, 0.2) is 93.1 Å². The van der Waals surface area contributed by atoms with Crippen molar-refractivity contribution in [2.75, 3.05) is 0 Å². The number of allylic oxidation sites excluding steroid dienone is 6. The van der Waals surface area contributed by atoms with Gasteiger partial charge in [0.2, 0.25) is 23.3 Å². The predicted molar refractivity (Wildman–Crippen MR) is 282 cm³/mol. The van der Waals surface area contributed by atoms with E-state index >= 15 is 70.2 Å². The quantitative estimate of drug-likeness (QED) is 0.0599. The highest BCUT2D eigenvalue weighted by Gasteiger charge is 2.40. The third kappa shape index (κ3) is 7.58. The summed E-state index contributed by atoms with van der Waals surface area (Å²) in [5.41, 5.74) is -14.6. The lowest BCUT2D eigenvalue weighted by molar-refractivity contribution is 0.376. The SMILES string of the molecule is Fc1c(F)c(F)c(/C2=C3\C=CC(=N3)c3cc4c([nH]3)c(c3c5[nH]c(cc54)C4=N/C(=C(/c5c(F)c(F)c(F)c(F)c5F)c5ccc([nH]5)/C(c5c(F)c(F)c(F)c(F)c5F)=C5/C=CC3N5)C=C4)C3C=C/C(=C(\c4c(F)c(F)c(F)c(F)c4F)c4ccc2[nH]4)N3)c(F)c1F. The smallest absolute Gasteiger partial charge is 0.200 e. The summed E-state index contributed by atoms with van der Waals surface area (Å²) in [6, 6.07) is 3.81. The van der Waals surface area contributed by atoms with Crippen molar-refractivity contribution in [3.63, 3.8) is 0 Å². The number of halogens is 20. The summed E-state index contributed by atoms with van der Waals surface area (Å²) in [5, 5.41) is 6.35. The summed E-state index contributed by atoms with van der Waals surface area (Å²) in [7, 11) is 0. The molecule has 6 aliphatic rings. The Labute approximate surface area is 486 Å². The number of aromatic amines is 4. The first kappa shape index (κ1) is 55.8. The molecule has 0 fully saturated rings. The number of rotatable bonds is 4. The molecule has 2 atom stereocenters. The maximum Gasteiger partial charge on any atom is 0.200 e. The molecule has 16 bridgehead atoms. The number of nitrogens with zero attached hydrogens (tertiary/aromatic N) is 2. The second kappa shape index (κ2) is 19.3. The van der Waals surface area contributed by atoms with Gasteiger partial charge in [-0.05, 0) is 72.9 Å². The van der Waals surface area contributed by atoms with Gasteiger partial charge < -0.3 is 30.6 Å². The number of hydrogen-bond acceptors (Lipinski definition) is 4. The van der Waals surface area contributed by atoms with Gasteiger partial charge in [0.1, 0.15) is 0 Å². The van der Waals surface area contributed by atoms with E-state index in [1.807, 2.05) is 0 Å². The van der Waals surface area contributed by atoms with Crippen molar-refractivity contribution < 1.29 is 87.8 Å². The maximum absolute atomic E-state index is 16.4. The molecule has 9 aromatic rings. The van der Waals surface area contributed by atoms with Gasteiger partial charge in [-0.2, -0.15) is 0 Å². The fourth-order valence-electron chi connectivity index (χ4n) is 12.1. The topological polar surface area (TPSA) is 112 Å². The van der Waals surface area contributed by atoms with Crippen LogP contribution in [0, 0.1) is 116 Å². The number of benzene rings is 5. The Kier molecular flexibility index (Phi) is 12.0. The van der Waals surface area contributed by atoms with E-state index in [1.54, 1.807) is 0 Å². The molecule has 15 rings (SSSR count). The zero-order chi connectivity index (χ0) is 63.3. The van der Waals surface area contributed by atoms with Crippen molar-refractivity contribution in [2.24, 2.45) is 9.98 Å². The second-order valence-corrected chi connectivity index (χ2v) is 20.8. The van der Waals surface area contributed by atoms with E-state index in [2.05, 4.69) is 40.6 Å². The maximum atomic E-state index is 16.4. The lowest BCUT2D eigenvalue weighted by Crippen LogP contribution is -2.22. The monoisotopic (exact) mass is 1260 g/mol. The zero-order valence-electron chi connectivity index (χ0n) is 43.7. The van der Waals surface area contributed by atoms with Crippen LogP contribution in [-0.2, 0) is 0 Å². The second-order valence-electron chi connectivity index (χ2n) is 20.8. The summed E-state index contributed by atoms with van der Waals surface area (Å²) >= 11 is 0. The van der Waals surface area contributed by atoms with Crippen LogP contribution in [0.3, 0.4) is 0 Å². The first-order valence-electron chi connectivity index (χ1n) is 26.0. The number of hydrogen-bond donors (Lipinski definition) is 6. The molecule has 0 radical (unpaired) electrons. The highest BCUT2D eigenvalue weighted by atomic mass is 19.2. The Morgan fingerprint density at radius 1 is 0.278 bits per heavy atom. The van der Waals surface area contributed by atoms with Gasteiger partial charge in [0.25, 0.3) is 0 Å².